The third kappa shape index (κ3) is 1.61. The van der Waals surface area contributed by atoms with E-state index in [-0.39, 0.29) is 0 Å². The number of aromatic nitrogens is 2. The van der Waals surface area contributed by atoms with Gasteiger partial charge >= 0.3 is 0 Å². The van der Waals surface area contributed by atoms with E-state index in [4.69, 9.17) is 0 Å². The van der Waals surface area contributed by atoms with Gasteiger partial charge in [0, 0.05) is 18.0 Å². The Morgan fingerprint density at radius 1 is 1.12 bits per heavy atom. The van der Waals surface area contributed by atoms with Gasteiger partial charge in [0.25, 0.3) is 0 Å². The molecule has 0 bridgehead atoms. The van der Waals surface area contributed by atoms with Crippen LogP contribution in [-0.2, 0) is 0 Å². The number of nitrogens with zero attached hydrogens (tertiary/aromatic N) is 2. The van der Waals surface area contributed by atoms with Crippen molar-refractivity contribution in [2.45, 2.75) is 0 Å². The minimum atomic E-state index is 0.680. The number of aldehydes is 1. The average Bonchev–Trinajstić information content (AvgIpc) is 2.87. The normalized spacial score (nSPS) is 10.6. The maximum Gasteiger partial charge on any atom is 0.150 e. The summed E-state index contributed by atoms with van der Waals surface area (Å²) in [6.45, 7) is 0. The van der Waals surface area contributed by atoms with Crippen molar-refractivity contribution in [1.82, 2.24) is 9.38 Å². The quantitative estimate of drug-likeness (QED) is 0.625. The molecule has 0 saturated carbocycles. The zero-order valence-electron chi connectivity index (χ0n) is 9.08. The average molecular weight is 222 g/mol. The fraction of sp³-hybridized carbons (Fsp3) is 0. The van der Waals surface area contributed by atoms with Crippen molar-refractivity contribution in [3.05, 3.63) is 60.4 Å². The van der Waals surface area contributed by atoms with E-state index in [0.717, 1.165) is 23.2 Å². The van der Waals surface area contributed by atoms with Crippen molar-refractivity contribution in [3.8, 4) is 11.3 Å². The lowest BCUT2D eigenvalue weighted by Crippen LogP contribution is -1.91. The van der Waals surface area contributed by atoms with E-state index in [0.29, 0.717) is 5.56 Å². The predicted molar refractivity (Wildman–Crippen MR) is 66.0 cm³/mol. The number of hydrogen-bond donors (Lipinski definition) is 0. The molecule has 1 aromatic carbocycles. The highest BCUT2D eigenvalue weighted by Crippen LogP contribution is 2.21. The molecule has 0 aliphatic rings. The van der Waals surface area contributed by atoms with Gasteiger partial charge in [-0.25, -0.2) is 4.98 Å². The van der Waals surface area contributed by atoms with Crippen molar-refractivity contribution in [3.63, 3.8) is 0 Å². The highest BCUT2D eigenvalue weighted by atomic mass is 16.1. The van der Waals surface area contributed by atoms with Gasteiger partial charge in [-0.1, -0.05) is 24.3 Å². The Morgan fingerprint density at radius 2 is 2.00 bits per heavy atom. The second-order valence-electron chi connectivity index (χ2n) is 3.81. The Bertz CT molecular complexity index is 685. The fourth-order valence-corrected chi connectivity index (χ4v) is 1.95. The number of carbonyl (C=O) groups is 1. The summed E-state index contributed by atoms with van der Waals surface area (Å²) >= 11 is 0. The minimum absolute atomic E-state index is 0.680. The third-order valence-corrected chi connectivity index (χ3v) is 2.75. The van der Waals surface area contributed by atoms with Gasteiger partial charge in [-0.3, -0.25) is 9.20 Å². The SMILES string of the molecule is O=Cc1cccc(-c2cccc3nccn23)c1. The molecule has 0 unspecified atom stereocenters. The number of fused-ring (bicyclic) bond motifs is 1. The summed E-state index contributed by atoms with van der Waals surface area (Å²) < 4.78 is 2.00. The number of rotatable bonds is 2. The molecular formula is C14H10N2O. The van der Waals surface area contributed by atoms with E-state index in [2.05, 4.69) is 4.98 Å². The molecule has 0 saturated heterocycles. The van der Waals surface area contributed by atoms with Gasteiger partial charge in [0.2, 0.25) is 0 Å². The van der Waals surface area contributed by atoms with Crippen LogP contribution in [0.5, 0.6) is 0 Å². The third-order valence-electron chi connectivity index (χ3n) is 2.75. The van der Waals surface area contributed by atoms with Gasteiger partial charge in [0.15, 0.2) is 0 Å². The summed E-state index contributed by atoms with van der Waals surface area (Å²) in [6.07, 6.45) is 4.54. The van der Waals surface area contributed by atoms with Crippen LogP contribution in [-0.4, -0.2) is 15.7 Å². The number of pyridine rings is 1. The Morgan fingerprint density at radius 3 is 2.88 bits per heavy atom. The smallest absolute Gasteiger partial charge is 0.150 e. The molecule has 3 rings (SSSR count). The predicted octanol–water partition coefficient (Wildman–Crippen LogP) is 2.81. The van der Waals surface area contributed by atoms with Crippen LogP contribution in [0.1, 0.15) is 10.4 Å². The van der Waals surface area contributed by atoms with Crippen LogP contribution in [0.2, 0.25) is 0 Å². The summed E-state index contributed by atoms with van der Waals surface area (Å²) in [6, 6.07) is 13.5. The Hall–Kier alpha value is -2.42. The molecule has 0 spiro atoms. The largest absolute Gasteiger partial charge is 0.300 e. The number of benzene rings is 1. The topological polar surface area (TPSA) is 34.4 Å². The van der Waals surface area contributed by atoms with Gasteiger partial charge in [-0.15, -0.1) is 0 Å². The molecule has 0 aliphatic carbocycles. The lowest BCUT2D eigenvalue weighted by molar-refractivity contribution is 0.112. The zero-order valence-corrected chi connectivity index (χ0v) is 9.08. The molecule has 2 aromatic heterocycles. The van der Waals surface area contributed by atoms with Crippen LogP contribution >= 0.6 is 0 Å². The molecule has 0 amide bonds. The highest BCUT2D eigenvalue weighted by molar-refractivity contribution is 5.78. The molecule has 82 valence electrons. The van der Waals surface area contributed by atoms with Crippen molar-refractivity contribution in [2.75, 3.05) is 0 Å². The first-order chi connectivity index (χ1) is 8.38. The highest BCUT2D eigenvalue weighted by Gasteiger charge is 2.03. The van der Waals surface area contributed by atoms with E-state index in [1.165, 1.54) is 0 Å². The first-order valence-corrected chi connectivity index (χ1v) is 5.36. The molecule has 0 N–H and O–H groups in total. The number of imidazole rings is 1. The number of hydrogen-bond acceptors (Lipinski definition) is 2. The van der Waals surface area contributed by atoms with Gasteiger partial charge in [-0.2, -0.15) is 0 Å². The van der Waals surface area contributed by atoms with Crippen molar-refractivity contribution in [2.24, 2.45) is 0 Å². The molecule has 3 aromatic rings. The monoisotopic (exact) mass is 222 g/mol. The molecule has 3 heteroatoms. The Labute approximate surface area is 98.4 Å². The van der Waals surface area contributed by atoms with Crippen LogP contribution in [0, 0.1) is 0 Å². The second-order valence-corrected chi connectivity index (χ2v) is 3.81. The Kier molecular flexibility index (Phi) is 2.22. The summed E-state index contributed by atoms with van der Waals surface area (Å²) in [5, 5.41) is 0. The molecule has 2 heterocycles. The lowest BCUT2D eigenvalue weighted by Gasteiger charge is -2.05. The molecule has 0 fully saturated rings. The van der Waals surface area contributed by atoms with Crippen molar-refractivity contribution < 1.29 is 4.79 Å². The lowest BCUT2D eigenvalue weighted by atomic mass is 10.1. The maximum absolute atomic E-state index is 10.8. The molecular weight excluding hydrogens is 212 g/mol. The van der Waals surface area contributed by atoms with Crippen LogP contribution < -0.4 is 0 Å². The standard InChI is InChI=1S/C14H10N2O/c17-10-11-3-1-4-12(9-11)13-5-2-6-14-15-7-8-16(13)14/h1-10H. The van der Waals surface area contributed by atoms with E-state index >= 15 is 0 Å². The molecule has 0 aliphatic heterocycles. The summed E-state index contributed by atoms with van der Waals surface area (Å²) in [5.41, 5.74) is 3.63. The van der Waals surface area contributed by atoms with E-state index in [1.807, 2.05) is 47.0 Å². The van der Waals surface area contributed by atoms with E-state index in [9.17, 15) is 4.79 Å². The van der Waals surface area contributed by atoms with Gasteiger partial charge < -0.3 is 0 Å². The Balaban J connectivity index is 2.26. The molecule has 3 nitrogen and oxygen atoms in total. The maximum atomic E-state index is 10.8. The van der Waals surface area contributed by atoms with Gasteiger partial charge in [-0.05, 0) is 23.8 Å². The summed E-state index contributed by atoms with van der Waals surface area (Å²) in [7, 11) is 0. The molecule has 0 atom stereocenters. The first-order valence-electron chi connectivity index (χ1n) is 5.36. The van der Waals surface area contributed by atoms with Crippen molar-refractivity contribution >= 4 is 11.9 Å². The van der Waals surface area contributed by atoms with Crippen LogP contribution in [0.25, 0.3) is 16.9 Å². The van der Waals surface area contributed by atoms with E-state index < -0.39 is 0 Å². The summed E-state index contributed by atoms with van der Waals surface area (Å²) in [5.74, 6) is 0. The summed E-state index contributed by atoms with van der Waals surface area (Å²) in [4.78, 5) is 15.0. The second kappa shape index (κ2) is 3.87. The van der Waals surface area contributed by atoms with E-state index in [1.54, 1.807) is 12.3 Å². The molecule has 0 radical (unpaired) electrons. The fourth-order valence-electron chi connectivity index (χ4n) is 1.95. The van der Waals surface area contributed by atoms with Crippen LogP contribution in [0.4, 0.5) is 0 Å². The van der Waals surface area contributed by atoms with Crippen molar-refractivity contribution in [1.29, 1.82) is 0 Å². The molecule has 17 heavy (non-hydrogen) atoms. The van der Waals surface area contributed by atoms with Crippen LogP contribution in [0.3, 0.4) is 0 Å². The zero-order chi connectivity index (χ0) is 11.7. The minimum Gasteiger partial charge on any atom is -0.300 e. The number of carbonyl (C=O) groups excluding carboxylic acids is 1. The van der Waals surface area contributed by atoms with Crippen LogP contribution in [0.15, 0.2) is 54.9 Å². The first kappa shape index (κ1) is 9.78. The van der Waals surface area contributed by atoms with Gasteiger partial charge in [0.1, 0.15) is 11.9 Å². The van der Waals surface area contributed by atoms with Gasteiger partial charge in [0.05, 0.1) is 5.69 Å².